The van der Waals surface area contributed by atoms with Crippen molar-refractivity contribution in [1.29, 1.82) is 0 Å². The van der Waals surface area contributed by atoms with Gasteiger partial charge in [0.1, 0.15) is 0 Å². The molecule has 0 aliphatic heterocycles. The maximum absolute atomic E-state index is 12.9. The third-order valence-corrected chi connectivity index (χ3v) is 6.39. The third-order valence-electron chi connectivity index (χ3n) is 6.39. The number of hydrogen-bond donors (Lipinski definition) is 0. The molecule has 0 heterocycles. The van der Waals surface area contributed by atoms with Crippen molar-refractivity contribution in [2.45, 2.75) is 156 Å². The standard InChI is InChI=1S/C27H54O2/c1-5-8-11-14-16-17-19-22-25-29-26(28)27(4,23-20-13-10-7-3)24-21-18-15-12-9-6-2/h5-25H2,1-4H3. The summed E-state index contributed by atoms with van der Waals surface area (Å²) < 4.78 is 5.77. The van der Waals surface area contributed by atoms with Gasteiger partial charge in [0.25, 0.3) is 0 Å². The summed E-state index contributed by atoms with van der Waals surface area (Å²) in [6.07, 6.45) is 24.9. The molecule has 0 amide bonds. The van der Waals surface area contributed by atoms with Crippen molar-refractivity contribution in [2.24, 2.45) is 5.41 Å². The number of rotatable bonds is 22. The number of carbonyl (C=O) groups is 1. The molecular formula is C27H54O2. The Kier molecular flexibility index (Phi) is 20.4. The van der Waals surface area contributed by atoms with Crippen LogP contribution in [0.25, 0.3) is 0 Å². The Morgan fingerprint density at radius 3 is 1.34 bits per heavy atom. The fourth-order valence-electron chi connectivity index (χ4n) is 4.14. The van der Waals surface area contributed by atoms with Crippen molar-refractivity contribution in [3.63, 3.8) is 0 Å². The zero-order chi connectivity index (χ0) is 21.6. The second-order valence-corrected chi connectivity index (χ2v) is 9.50. The minimum atomic E-state index is -0.265. The molecule has 1 unspecified atom stereocenters. The maximum atomic E-state index is 12.9. The summed E-state index contributed by atoms with van der Waals surface area (Å²) in [6.45, 7) is 9.55. The Morgan fingerprint density at radius 2 is 0.897 bits per heavy atom. The van der Waals surface area contributed by atoms with Crippen LogP contribution in [0.1, 0.15) is 156 Å². The van der Waals surface area contributed by atoms with Gasteiger partial charge in [-0.1, -0.05) is 130 Å². The molecule has 0 rings (SSSR count). The fourth-order valence-corrected chi connectivity index (χ4v) is 4.14. The number of unbranched alkanes of at least 4 members (excludes halogenated alkanes) is 15. The van der Waals surface area contributed by atoms with E-state index in [1.165, 1.54) is 103 Å². The maximum Gasteiger partial charge on any atom is 0.311 e. The molecule has 1 atom stereocenters. The SMILES string of the molecule is CCCCCCCCCCOC(=O)C(C)(CCCCCC)CCCCCCCC. The van der Waals surface area contributed by atoms with Crippen LogP contribution in [0.3, 0.4) is 0 Å². The van der Waals surface area contributed by atoms with Crippen molar-refractivity contribution >= 4 is 5.97 Å². The summed E-state index contributed by atoms with van der Waals surface area (Å²) in [4.78, 5) is 12.9. The monoisotopic (exact) mass is 410 g/mol. The van der Waals surface area contributed by atoms with E-state index in [0.29, 0.717) is 6.61 Å². The van der Waals surface area contributed by atoms with Gasteiger partial charge in [-0.15, -0.1) is 0 Å². The summed E-state index contributed by atoms with van der Waals surface area (Å²) in [7, 11) is 0. The average molecular weight is 411 g/mol. The molecule has 0 aliphatic rings. The zero-order valence-electron chi connectivity index (χ0n) is 20.7. The van der Waals surface area contributed by atoms with Crippen molar-refractivity contribution < 1.29 is 9.53 Å². The van der Waals surface area contributed by atoms with Gasteiger partial charge >= 0.3 is 5.97 Å². The smallest absolute Gasteiger partial charge is 0.311 e. The van der Waals surface area contributed by atoms with Gasteiger partial charge in [-0.05, 0) is 26.2 Å². The van der Waals surface area contributed by atoms with Gasteiger partial charge in [-0.25, -0.2) is 0 Å². The largest absolute Gasteiger partial charge is 0.465 e. The van der Waals surface area contributed by atoms with E-state index in [1.807, 2.05) is 0 Å². The first-order valence-corrected chi connectivity index (χ1v) is 13.3. The molecule has 0 saturated heterocycles. The predicted molar refractivity (Wildman–Crippen MR) is 128 cm³/mol. The number of carbonyl (C=O) groups excluding carboxylic acids is 1. The second kappa shape index (κ2) is 20.7. The van der Waals surface area contributed by atoms with E-state index in [-0.39, 0.29) is 11.4 Å². The Balaban J connectivity index is 4.13. The van der Waals surface area contributed by atoms with E-state index in [1.54, 1.807) is 0 Å². The minimum Gasteiger partial charge on any atom is -0.465 e. The van der Waals surface area contributed by atoms with Gasteiger partial charge in [0, 0.05) is 0 Å². The highest BCUT2D eigenvalue weighted by molar-refractivity contribution is 5.76. The number of ether oxygens (including phenoxy) is 1. The highest BCUT2D eigenvalue weighted by Gasteiger charge is 2.33. The Hall–Kier alpha value is -0.530. The van der Waals surface area contributed by atoms with Crippen LogP contribution in [-0.2, 0) is 9.53 Å². The van der Waals surface area contributed by atoms with Gasteiger partial charge < -0.3 is 4.74 Å². The van der Waals surface area contributed by atoms with Crippen LogP contribution in [-0.4, -0.2) is 12.6 Å². The molecule has 0 aromatic carbocycles. The van der Waals surface area contributed by atoms with Gasteiger partial charge in [0.2, 0.25) is 0 Å². The van der Waals surface area contributed by atoms with E-state index in [4.69, 9.17) is 4.74 Å². The fraction of sp³-hybridized carbons (Fsp3) is 0.963. The van der Waals surface area contributed by atoms with Crippen LogP contribution in [0.5, 0.6) is 0 Å². The summed E-state index contributed by atoms with van der Waals surface area (Å²) in [6, 6.07) is 0. The molecule has 0 aliphatic carbocycles. The summed E-state index contributed by atoms with van der Waals surface area (Å²) in [5.41, 5.74) is -0.265. The Labute approximate surface area is 184 Å². The average Bonchev–Trinajstić information content (AvgIpc) is 2.72. The Morgan fingerprint density at radius 1 is 0.552 bits per heavy atom. The van der Waals surface area contributed by atoms with Crippen molar-refractivity contribution in [2.75, 3.05) is 6.61 Å². The normalized spacial score (nSPS) is 13.4. The molecule has 0 saturated carbocycles. The summed E-state index contributed by atoms with van der Waals surface area (Å²) in [5, 5.41) is 0. The predicted octanol–water partition coefficient (Wildman–Crippen LogP) is 9.40. The molecule has 0 aromatic heterocycles. The first kappa shape index (κ1) is 28.5. The summed E-state index contributed by atoms with van der Waals surface area (Å²) >= 11 is 0. The molecular weight excluding hydrogens is 356 g/mol. The highest BCUT2D eigenvalue weighted by Crippen LogP contribution is 2.33. The minimum absolute atomic E-state index is 0.0745. The number of esters is 1. The van der Waals surface area contributed by atoms with Crippen LogP contribution in [0.2, 0.25) is 0 Å². The van der Waals surface area contributed by atoms with E-state index in [9.17, 15) is 4.79 Å². The molecule has 29 heavy (non-hydrogen) atoms. The van der Waals surface area contributed by atoms with Gasteiger partial charge in [-0.2, -0.15) is 0 Å². The lowest BCUT2D eigenvalue weighted by Gasteiger charge is -2.27. The molecule has 0 bridgehead atoms. The van der Waals surface area contributed by atoms with Crippen LogP contribution in [0.4, 0.5) is 0 Å². The van der Waals surface area contributed by atoms with Crippen LogP contribution >= 0.6 is 0 Å². The third kappa shape index (κ3) is 16.9. The van der Waals surface area contributed by atoms with E-state index < -0.39 is 0 Å². The molecule has 0 radical (unpaired) electrons. The topological polar surface area (TPSA) is 26.3 Å². The van der Waals surface area contributed by atoms with Gasteiger partial charge in [-0.3, -0.25) is 4.79 Å². The van der Waals surface area contributed by atoms with Crippen molar-refractivity contribution in [3.05, 3.63) is 0 Å². The Bertz CT molecular complexity index is 352. The highest BCUT2D eigenvalue weighted by atomic mass is 16.5. The van der Waals surface area contributed by atoms with E-state index in [2.05, 4.69) is 27.7 Å². The zero-order valence-corrected chi connectivity index (χ0v) is 20.7. The quantitative estimate of drug-likeness (QED) is 0.131. The first-order chi connectivity index (χ1) is 14.1. The second-order valence-electron chi connectivity index (χ2n) is 9.50. The molecule has 0 spiro atoms. The lowest BCUT2D eigenvalue weighted by Crippen LogP contribution is -2.30. The molecule has 174 valence electrons. The van der Waals surface area contributed by atoms with Crippen LogP contribution < -0.4 is 0 Å². The van der Waals surface area contributed by atoms with Gasteiger partial charge in [0.05, 0.1) is 12.0 Å². The molecule has 0 fully saturated rings. The molecule has 2 nitrogen and oxygen atoms in total. The number of hydrogen-bond acceptors (Lipinski definition) is 2. The lowest BCUT2D eigenvalue weighted by atomic mass is 9.79. The van der Waals surface area contributed by atoms with Crippen LogP contribution in [0, 0.1) is 5.41 Å². The van der Waals surface area contributed by atoms with Crippen molar-refractivity contribution in [3.8, 4) is 0 Å². The van der Waals surface area contributed by atoms with Crippen LogP contribution in [0.15, 0.2) is 0 Å². The van der Waals surface area contributed by atoms with Gasteiger partial charge in [0.15, 0.2) is 0 Å². The van der Waals surface area contributed by atoms with E-state index in [0.717, 1.165) is 25.7 Å². The van der Waals surface area contributed by atoms with Crippen molar-refractivity contribution in [1.82, 2.24) is 0 Å². The molecule has 0 N–H and O–H groups in total. The lowest BCUT2D eigenvalue weighted by molar-refractivity contribution is -0.156. The first-order valence-electron chi connectivity index (χ1n) is 13.3. The molecule has 2 heteroatoms. The molecule has 0 aromatic rings. The summed E-state index contributed by atoms with van der Waals surface area (Å²) in [5.74, 6) is 0.0745. The van der Waals surface area contributed by atoms with E-state index >= 15 is 0 Å².